The Morgan fingerprint density at radius 1 is 1.62 bits per heavy atom. The molecule has 1 fully saturated rings. The Balaban J connectivity index is 2.26. The Kier molecular flexibility index (Phi) is 5.21. The number of amides is 2. The zero-order valence-electron chi connectivity index (χ0n) is 9.62. The van der Waals surface area contributed by atoms with E-state index in [9.17, 15) is 9.59 Å². The first-order chi connectivity index (χ1) is 7.67. The first-order valence-corrected chi connectivity index (χ1v) is 5.23. The van der Waals surface area contributed by atoms with Gasteiger partial charge in [-0.2, -0.15) is 0 Å². The summed E-state index contributed by atoms with van der Waals surface area (Å²) in [5.74, 6) is -0.440. The second-order valence-electron chi connectivity index (χ2n) is 3.76. The molecule has 0 radical (unpaired) electrons. The molecule has 0 aromatic rings. The molecule has 1 heterocycles. The number of nitrogens with one attached hydrogen (secondary N) is 2. The quantitative estimate of drug-likeness (QED) is 0.607. The van der Waals surface area contributed by atoms with E-state index in [2.05, 4.69) is 10.6 Å². The molecule has 0 saturated carbocycles. The Morgan fingerprint density at radius 2 is 2.38 bits per heavy atom. The summed E-state index contributed by atoms with van der Waals surface area (Å²) in [5.41, 5.74) is 0. The third kappa shape index (κ3) is 3.79. The van der Waals surface area contributed by atoms with E-state index < -0.39 is 0 Å². The SMILES string of the molecule is COCC(CNC(=O)C1CNC(=O)C1)OC. The maximum absolute atomic E-state index is 11.6. The Morgan fingerprint density at radius 3 is 2.88 bits per heavy atom. The van der Waals surface area contributed by atoms with Gasteiger partial charge in [-0.15, -0.1) is 0 Å². The number of ether oxygens (including phenoxy) is 2. The third-order valence-electron chi connectivity index (χ3n) is 2.54. The van der Waals surface area contributed by atoms with Gasteiger partial charge >= 0.3 is 0 Å². The van der Waals surface area contributed by atoms with Gasteiger partial charge < -0.3 is 20.1 Å². The van der Waals surface area contributed by atoms with Gasteiger partial charge in [-0.3, -0.25) is 9.59 Å². The minimum absolute atomic E-state index is 0.0691. The van der Waals surface area contributed by atoms with Crippen molar-refractivity contribution in [3.63, 3.8) is 0 Å². The summed E-state index contributed by atoms with van der Waals surface area (Å²) in [6.07, 6.45) is 0.118. The summed E-state index contributed by atoms with van der Waals surface area (Å²) in [7, 11) is 3.14. The molecule has 6 nitrogen and oxygen atoms in total. The maximum atomic E-state index is 11.6. The van der Waals surface area contributed by atoms with E-state index >= 15 is 0 Å². The van der Waals surface area contributed by atoms with E-state index in [1.165, 1.54) is 0 Å². The zero-order chi connectivity index (χ0) is 12.0. The van der Waals surface area contributed by atoms with Crippen LogP contribution in [0, 0.1) is 5.92 Å². The van der Waals surface area contributed by atoms with Crippen LogP contribution in [0.15, 0.2) is 0 Å². The molecule has 0 spiro atoms. The van der Waals surface area contributed by atoms with Crippen LogP contribution in [0.4, 0.5) is 0 Å². The second-order valence-corrected chi connectivity index (χ2v) is 3.76. The first kappa shape index (κ1) is 12.9. The summed E-state index contributed by atoms with van der Waals surface area (Å²) in [6, 6.07) is 0. The van der Waals surface area contributed by atoms with Gasteiger partial charge in [0, 0.05) is 33.7 Å². The largest absolute Gasteiger partial charge is 0.382 e. The molecule has 0 aromatic heterocycles. The average Bonchev–Trinajstić information content (AvgIpc) is 2.70. The molecule has 0 aliphatic carbocycles. The highest BCUT2D eigenvalue weighted by Crippen LogP contribution is 2.08. The highest BCUT2D eigenvalue weighted by molar-refractivity contribution is 5.89. The van der Waals surface area contributed by atoms with Crippen molar-refractivity contribution in [1.29, 1.82) is 0 Å². The molecular formula is C10H18N2O4. The van der Waals surface area contributed by atoms with E-state index in [-0.39, 0.29) is 30.3 Å². The number of carbonyl (C=O) groups excluding carboxylic acids is 2. The Labute approximate surface area is 94.7 Å². The topological polar surface area (TPSA) is 76.7 Å². The summed E-state index contributed by atoms with van der Waals surface area (Å²) in [6.45, 7) is 1.25. The van der Waals surface area contributed by atoms with Gasteiger partial charge in [0.15, 0.2) is 0 Å². The fraction of sp³-hybridized carbons (Fsp3) is 0.800. The van der Waals surface area contributed by atoms with Crippen molar-refractivity contribution in [2.75, 3.05) is 33.9 Å². The average molecular weight is 230 g/mol. The van der Waals surface area contributed by atoms with Crippen LogP contribution in [0.2, 0.25) is 0 Å². The molecule has 0 bridgehead atoms. The van der Waals surface area contributed by atoms with Crippen LogP contribution in [-0.4, -0.2) is 51.8 Å². The number of hydrogen-bond acceptors (Lipinski definition) is 4. The van der Waals surface area contributed by atoms with E-state index in [1.807, 2.05) is 0 Å². The van der Waals surface area contributed by atoms with Gasteiger partial charge in [-0.05, 0) is 0 Å². The van der Waals surface area contributed by atoms with Crippen LogP contribution >= 0.6 is 0 Å². The van der Waals surface area contributed by atoms with E-state index in [1.54, 1.807) is 14.2 Å². The second kappa shape index (κ2) is 6.44. The van der Waals surface area contributed by atoms with Crippen molar-refractivity contribution in [2.24, 2.45) is 5.92 Å². The molecule has 2 amide bonds. The van der Waals surface area contributed by atoms with Crippen LogP contribution in [0.5, 0.6) is 0 Å². The third-order valence-corrected chi connectivity index (χ3v) is 2.54. The summed E-state index contributed by atoms with van der Waals surface area (Å²) < 4.78 is 10.0. The van der Waals surface area contributed by atoms with Crippen molar-refractivity contribution in [3.8, 4) is 0 Å². The standard InChI is InChI=1S/C10H18N2O4/c1-15-6-8(16-2)5-12-10(14)7-3-9(13)11-4-7/h7-8H,3-6H2,1-2H3,(H,11,13)(H,12,14). The molecule has 6 heteroatoms. The molecule has 0 aromatic carbocycles. The maximum Gasteiger partial charge on any atom is 0.225 e. The minimum Gasteiger partial charge on any atom is -0.382 e. The summed E-state index contributed by atoms with van der Waals surface area (Å²) in [4.78, 5) is 22.5. The Bertz CT molecular complexity index is 257. The predicted molar refractivity (Wildman–Crippen MR) is 56.8 cm³/mol. The fourth-order valence-corrected chi connectivity index (χ4v) is 1.55. The number of rotatable bonds is 6. The van der Waals surface area contributed by atoms with Gasteiger partial charge in [-0.25, -0.2) is 0 Å². The highest BCUT2D eigenvalue weighted by Gasteiger charge is 2.27. The van der Waals surface area contributed by atoms with Crippen molar-refractivity contribution in [1.82, 2.24) is 10.6 Å². The number of hydrogen-bond donors (Lipinski definition) is 2. The van der Waals surface area contributed by atoms with E-state index in [0.29, 0.717) is 19.7 Å². The highest BCUT2D eigenvalue weighted by atomic mass is 16.5. The predicted octanol–water partition coefficient (Wildman–Crippen LogP) is -1.10. The van der Waals surface area contributed by atoms with Crippen molar-refractivity contribution >= 4 is 11.8 Å². The molecule has 2 unspecified atom stereocenters. The molecule has 1 aliphatic heterocycles. The summed E-state index contributed by atoms with van der Waals surface area (Å²) in [5, 5.41) is 5.37. The van der Waals surface area contributed by atoms with Gasteiger partial charge in [0.25, 0.3) is 0 Å². The molecular weight excluding hydrogens is 212 g/mol. The lowest BCUT2D eigenvalue weighted by Crippen LogP contribution is -2.39. The van der Waals surface area contributed by atoms with Gasteiger partial charge in [0.2, 0.25) is 11.8 Å². The number of carbonyl (C=O) groups is 2. The van der Waals surface area contributed by atoms with Crippen molar-refractivity contribution in [2.45, 2.75) is 12.5 Å². The molecule has 1 aliphatic rings. The van der Waals surface area contributed by atoms with E-state index in [0.717, 1.165) is 0 Å². The monoisotopic (exact) mass is 230 g/mol. The smallest absolute Gasteiger partial charge is 0.225 e. The lowest BCUT2D eigenvalue weighted by Gasteiger charge is -2.16. The Hall–Kier alpha value is -1.14. The lowest BCUT2D eigenvalue weighted by molar-refractivity contribution is -0.127. The van der Waals surface area contributed by atoms with Crippen LogP contribution < -0.4 is 10.6 Å². The molecule has 1 saturated heterocycles. The van der Waals surface area contributed by atoms with Crippen LogP contribution in [0.1, 0.15) is 6.42 Å². The molecule has 2 N–H and O–H groups in total. The first-order valence-electron chi connectivity index (χ1n) is 5.23. The van der Waals surface area contributed by atoms with Gasteiger partial charge in [0.05, 0.1) is 18.6 Å². The normalized spacial score (nSPS) is 21.6. The van der Waals surface area contributed by atoms with Crippen LogP contribution in [0.3, 0.4) is 0 Å². The van der Waals surface area contributed by atoms with Crippen LogP contribution in [-0.2, 0) is 19.1 Å². The summed E-state index contributed by atoms with van der Waals surface area (Å²) >= 11 is 0. The van der Waals surface area contributed by atoms with Gasteiger partial charge in [-0.1, -0.05) is 0 Å². The lowest BCUT2D eigenvalue weighted by atomic mass is 10.1. The number of methoxy groups -OCH3 is 2. The molecule has 1 rings (SSSR count). The molecule has 92 valence electrons. The molecule has 16 heavy (non-hydrogen) atoms. The van der Waals surface area contributed by atoms with Crippen molar-refractivity contribution < 1.29 is 19.1 Å². The minimum atomic E-state index is -0.257. The van der Waals surface area contributed by atoms with Crippen LogP contribution in [0.25, 0.3) is 0 Å². The van der Waals surface area contributed by atoms with Gasteiger partial charge in [0.1, 0.15) is 0 Å². The zero-order valence-corrected chi connectivity index (χ0v) is 9.62. The fourth-order valence-electron chi connectivity index (χ4n) is 1.55. The van der Waals surface area contributed by atoms with Crippen molar-refractivity contribution in [3.05, 3.63) is 0 Å². The molecule has 2 atom stereocenters. The van der Waals surface area contributed by atoms with E-state index in [4.69, 9.17) is 9.47 Å².